The van der Waals surface area contributed by atoms with E-state index in [0.717, 1.165) is 5.56 Å². The molecule has 11 nitrogen and oxygen atoms in total. The first-order valence-electron chi connectivity index (χ1n) is 12.9. The van der Waals surface area contributed by atoms with Gasteiger partial charge in [-0.1, -0.05) is 37.3 Å². The molecule has 4 rings (SSSR count). The first kappa shape index (κ1) is 28.2. The summed E-state index contributed by atoms with van der Waals surface area (Å²) in [5, 5.41) is 26.7. The highest BCUT2D eigenvalue weighted by Crippen LogP contribution is 2.26. The van der Waals surface area contributed by atoms with E-state index in [9.17, 15) is 29.4 Å². The zero-order chi connectivity index (χ0) is 28.1. The Morgan fingerprint density at radius 2 is 1.82 bits per heavy atom. The number of esters is 1. The van der Waals surface area contributed by atoms with Crippen molar-refractivity contribution in [3.63, 3.8) is 0 Å². The number of benzene rings is 1. The summed E-state index contributed by atoms with van der Waals surface area (Å²) in [6, 6.07) is 9.73. The fraction of sp³-hybridized carbons (Fsp3) is 0.464. The highest BCUT2D eigenvalue weighted by molar-refractivity contribution is 5.98. The molecule has 0 saturated carbocycles. The van der Waals surface area contributed by atoms with Crippen LogP contribution in [0.2, 0.25) is 0 Å². The number of hydrogen-bond donors (Lipinski definition) is 4. The third-order valence-electron chi connectivity index (χ3n) is 7.24. The first-order chi connectivity index (χ1) is 18.7. The maximum Gasteiger partial charge on any atom is 0.312 e. The van der Waals surface area contributed by atoms with Crippen LogP contribution in [0, 0.1) is 17.8 Å². The van der Waals surface area contributed by atoms with E-state index in [1.165, 1.54) is 25.3 Å². The summed E-state index contributed by atoms with van der Waals surface area (Å²) >= 11 is 0. The molecule has 6 atom stereocenters. The van der Waals surface area contributed by atoms with Crippen molar-refractivity contribution in [3.8, 4) is 5.75 Å². The third-order valence-corrected chi connectivity index (χ3v) is 7.24. The molecule has 2 aromatic rings. The number of aromatic hydroxyl groups is 1. The van der Waals surface area contributed by atoms with Crippen LogP contribution in [0.5, 0.6) is 5.75 Å². The van der Waals surface area contributed by atoms with Gasteiger partial charge in [-0.25, -0.2) is 4.98 Å². The zero-order valence-corrected chi connectivity index (χ0v) is 21.8. The average molecular weight is 540 g/mol. The third kappa shape index (κ3) is 6.61. The van der Waals surface area contributed by atoms with Crippen LogP contribution in [0.25, 0.3) is 0 Å². The monoisotopic (exact) mass is 539 g/mol. The maximum atomic E-state index is 13.6. The number of Topliss-reactive ketones (excluding diaryl/α,β-unsaturated/α-hetero) is 1. The minimum Gasteiger partial charge on any atom is -0.505 e. The van der Waals surface area contributed by atoms with Gasteiger partial charge in [-0.3, -0.25) is 19.2 Å². The van der Waals surface area contributed by atoms with E-state index >= 15 is 0 Å². The number of cyclic esters (lactones) is 1. The SMILES string of the molecule is C[C@H]1CC(=O)C(C2COC2)OC(=O)[C@H](C)[C@H](O)[C@H](Cc2ccccc2)NC(=O)[C@H]1NC(=O)c1ncccc1O. The number of nitrogens with one attached hydrogen (secondary N) is 2. The van der Waals surface area contributed by atoms with Crippen LogP contribution in [0.4, 0.5) is 0 Å². The predicted molar refractivity (Wildman–Crippen MR) is 137 cm³/mol. The number of aliphatic hydroxyl groups excluding tert-OH is 1. The Balaban J connectivity index is 1.67. The van der Waals surface area contributed by atoms with E-state index in [1.54, 1.807) is 6.92 Å². The lowest BCUT2D eigenvalue weighted by Gasteiger charge is -2.36. The number of aliphatic hydroxyl groups is 1. The molecule has 0 radical (unpaired) electrons. The summed E-state index contributed by atoms with van der Waals surface area (Å²) < 4.78 is 10.8. The Hall–Kier alpha value is -3.83. The van der Waals surface area contributed by atoms with Crippen molar-refractivity contribution in [2.24, 2.45) is 17.8 Å². The van der Waals surface area contributed by atoms with Crippen LogP contribution in [-0.4, -0.2) is 76.3 Å². The van der Waals surface area contributed by atoms with E-state index in [1.807, 2.05) is 30.3 Å². The summed E-state index contributed by atoms with van der Waals surface area (Å²) in [5.41, 5.74) is 0.532. The Labute approximate surface area is 225 Å². The fourth-order valence-electron chi connectivity index (χ4n) is 4.77. The second-order valence-electron chi connectivity index (χ2n) is 10.2. The molecular weight excluding hydrogens is 506 g/mol. The van der Waals surface area contributed by atoms with E-state index in [2.05, 4.69) is 15.6 Å². The Morgan fingerprint density at radius 3 is 2.46 bits per heavy atom. The molecule has 0 bridgehead atoms. The van der Waals surface area contributed by atoms with Gasteiger partial charge >= 0.3 is 5.97 Å². The summed E-state index contributed by atoms with van der Waals surface area (Å²) in [7, 11) is 0. The van der Waals surface area contributed by atoms with Gasteiger partial charge in [0.2, 0.25) is 5.91 Å². The van der Waals surface area contributed by atoms with E-state index in [0.29, 0.717) is 0 Å². The molecule has 11 heteroatoms. The fourth-order valence-corrected chi connectivity index (χ4v) is 4.77. The molecule has 39 heavy (non-hydrogen) atoms. The number of ether oxygens (including phenoxy) is 2. The number of pyridine rings is 1. The normalized spacial score (nSPS) is 28.7. The van der Waals surface area contributed by atoms with Gasteiger partial charge < -0.3 is 30.3 Å². The Morgan fingerprint density at radius 1 is 1.10 bits per heavy atom. The van der Waals surface area contributed by atoms with Crippen molar-refractivity contribution in [3.05, 3.63) is 59.9 Å². The minimum atomic E-state index is -1.36. The Kier molecular flexibility index (Phi) is 8.93. The first-order valence-corrected chi connectivity index (χ1v) is 12.9. The summed E-state index contributed by atoms with van der Waals surface area (Å²) in [4.78, 5) is 56.9. The molecule has 208 valence electrons. The number of aromatic nitrogens is 1. The van der Waals surface area contributed by atoms with E-state index in [-0.39, 0.29) is 43.4 Å². The van der Waals surface area contributed by atoms with Crippen LogP contribution in [0.15, 0.2) is 48.7 Å². The molecule has 1 unspecified atom stereocenters. The molecule has 3 heterocycles. The van der Waals surface area contributed by atoms with Crippen molar-refractivity contribution in [2.45, 2.75) is 51.0 Å². The quantitative estimate of drug-likeness (QED) is 0.402. The van der Waals surface area contributed by atoms with Crippen LogP contribution < -0.4 is 10.6 Å². The standard InChI is InChI=1S/C28H33N3O8/c1-15-11-21(33)25(18-13-38-14-18)39-28(37)16(2)24(34)19(12-17-7-4-3-5-8-17)30-26(35)22(15)31-27(36)23-20(32)9-6-10-29-23/h3-10,15-16,18-19,22,24-25,32,34H,11-14H2,1-2H3,(H,30,35)(H,31,36)/t15-,16+,19-,22-,24-,25?/m0/s1. The lowest BCUT2D eigenvalue weighted by molar-refractivity contribution is -0.177. The van der Waals surface area contributed by atoms with E-state index < -0.39 is 59.7 Å². The number of nitrogens with zero attached hydrogens (tertiary/aromatic N) is 1. The van der Waals surface area contributed by atoms with Crippen LogP contribution >= 0.6 is 0 Å². The van der Waals surface area contributed by atoms with Gasteiger partial charge in [0, 0.05) is 12.6 Å². The number of carbonyl (C=O) groups is 4. The number of ketones is 1. The smallest absolute Gasteiger partial charge is 0.312 e. The largest absolute Gasteiger partial charge is 0.505 e. The highest BCUT2D eigenvalue weighted by atomic mass is 16.6. The van der Waals surface area contributed by atoms with Gasteiger partial charge in [0.15, 0.2) is 17.6 Å². The second-order valence-corrected chi connectivity index (χ2v) is 10.2. The number of amides is 2. The topological polar surface area (TPSA) is 164 Å². The predicted octanol–water partition coefficient (Wildman–Crippen LogP) is 0.777. The second kappa shape index (κ2) is 12.4. The van der Waals surface area contributed by atoms with Crippen molar-refractivity contribution in [2.75, 3.05) is 13.2 Å². The molecule has 2 saturated heterocycles. The summed E-state index contributed by atoms with van der Waals surface area (Å²) in [6.07, 6.45) is -1.12. The molecule has 0 aliphatic carbocycles. The van der Waals surface area contributed by atoms with Gasteiger partial charge in [0.25, 0.3) is 5.91 Å². The molecular formula is C28H33N3O8. The van der Waals surface area contributed by atoms with Gasteiger partial charge in [-0.05, 0) is 37.0 Å². The summed E-state index contributed by atoms with van der Waals surface area (Å²) in [6.45, 7) is 3.58. The van der Waals surface area contributed by atoms with Gasteiger partial charge in [-0.15, -0.1) is 0 Å². The van der Waals surface area contributed by atoms with Gasteiger partial charge in [-0.2, -0.15) is 0 Å². The van der Waals surface area contributed by atoms with Crippen LogP contribution in [0.3, 0.4) is 0 Å². The molecule has 0 spiro atoms. The zero-order valence-electron chi connectivity index (χ0n) is 21.8. The maximum absolute atomic E-state index is 13.6. The molecule has 1 aromatic carbocycles. The number of carbonyl (C=O) groups excluding carboxylic acids is 4. The molecule has 2 amide bonds. The van der Waals surface area contributed by atoms with Crippen molar-refractivity contribution in [1.82, 2.24) is 15.6 Å². The van der Waals surface area contributed by atoms with Crippen molar-refractivity contribution >= 4 is 23.6 Å². The van der Waals surface area contributed by atoms with E-state index in [4.69, 9.17) is 9.47 Å². The number of hydrogen-bond acceptors (Lipinski definition) is 9. The van der Waals surface area contributed by atoms with Gasteiger partial charge in [0.05, 0.1) is 37.2 Å². The van der Waals surface area contributed by atoms with Gasteiger partial charge in [0.1, 0.15) is 11.8 Å². The lowest BCUT2D eigenvalue weighted by atomic mass is 9.87. The van der Waals surface area contributed by atoms with Crippen LogP contribution in [-0.2, 0) is 30.3 Å². The molecule has 2 aliphatic heterocycles. The van der Waals surface area contributed by atoms with Crippen molar-refractivity contribution in [1.29, 1.82) is 0 Å². The Bertz CT molecular complexity index is 1200. The number of rotatable bonds is 5. The molecule has 4 N–H and O–H groups in total. The molecule has 1 aromatic heterocycles. The lowest BCUT2D eigenvalue weighted by Crippen LogP contribution is -2.58. The van der Waals surface area contributed by atoms with Crippen LogP contribution in [0.1, 0.15) is 36.3 Å². The summed E-state index contributed by atoms with van der Waals surface area (Å²) in [5.74, 6) is -5.12. The van der Waals surface area contributed by atoms with Crippen molar-refractivity contribution < 1.29 is 38.9 Å². The highest BCUT2D eigenvalue weighted by Gasteiger charge is 2.42. The molecule has 2 fully saturated rings. The average Bonchev–Trinajstić information content (AvgIpc) is 2.89. The minimum absolute atomic E-state index is 0.179. The molecule has 2 aliphatic rings.